The number of carbonyl (C=O) groups excluding carboxylic acids is 1. The molecule has 210 valence electrons. The predicted octanol–water partition coefficient (Wildman–Crippen LogP) is 4.31. The Hall–Kier alpha value is -3.44. The van der Waals surface area contributed by atoms with Gasteiger partial charge in [0.1, 0.15) is 11.4 Å². The van der Waals surface area contributed by atoms with Crippen LogP contribution in [0.25, 0.3) is 0 Å². The van der Waals surface area contributed by atoms with Crippen molar-refractivity contribution in [2.75, 3.05) is 13.7 Å². The van der Waals surface area contributed by atoms with Crippen LogP contribution >= 0.6 is 0 Å². The van der Waals surface area contributed by atoms with E-state index in [4.69, 9.17) is 14.3 Å². The van der Waals surface area contributed by atoms with Crippen molar-refractivity contribution in [2.24, 2.45) is 0 Å². The third kappa shape index (κ3) is 9.36. The summed E-state index contributed by atoms with van der Waals surface area (Å²) in [5.74, 6) is 0.496. The van der Waals surface area contributed by atoms with Gasteiger partial charge < -0.3 is 19.9 Å². The number of amides is 1. The summed E-state index contributed by atoms with van der Waals surface area (Å²) < 4.78 is 38.5. The Morgan fingerprint density at radius 1 is 0.923 bits per heavy atom. The fourth-order valence-electron chi connectivity index (χ4n) is 3.70. The van der Waals surface area contributed by atoms with Gasteiger partial charge in [-0.1, -0.05) is 65.1 Å². The Morgan fingerprint density at radius 2 is 1.49 bits per heavy atom. The van der Waals surface area contributed by atoms with Crippen molar-refractivity contribution in [1.29, 1.82) is 0 Å². The smallest absolute Gasteiger partial charge is 0.407 e. The van der Waals surface area contributed by atoms with Gasteiger partial charge in [0.25, 0.3) is 10.0 Å². The lowest BCUT2D eigenvalue weighted by Crippen LogP contribution is -2.51. The van der Waals surface area contributed by atoms with Crippen LogP contribution in [0.2, 0.25) is 0 Å². The van der Waals surface area contributed by atoms with Crippen LogP contribution in [0, 0.1) is 0 Å². The number of nitrogens with one attached hydrogen (secondary N) is 1. The monoisotopic (exact) mass is 556 g/mol. The second kappa shape index (κ2) is 13.6. The van der Waals surface area contributed by atoms with Gasteiger partial charge in [0, 0.05) is 0 Å². The number of methoxy groups -OCH3 is 1. The largest absolute Gasteiger partial charge is 0.497 e. The number of hydrogen-bond acceptors (Lipinski definition) is 7. The molecule has 0 saturated heterocycles. The van der Waals surface area contributed by atoms with E-state index < -0.39 is 40.4 Å². The molecule has 0 radical (unpaired) electrons. The number of sulfonamides is 1. The van der Waals surface area contributed by atoms with Gasteiger partial charge in [-0.3, -0.25) is 4.84 Å². The highest BCUT2D eigenvalue weighted by molar-refractivity contribution is 7.89. The van der Waals surface area contributed by atoms with Crippen LogP contribution in [0.4, 0.5) is 4.79 Å². The number of benzene rings is 3. The fourth-order valence-corrected chi connectivity index (χ4v) is 4.95. The normalized spacial score (nSPS) is 13.5. The Morgan fingerprint density at radius 3 is 2.03 bits per heavy atom. The van der Waals surface area contributed by atoms with E-state index in [1.807, 2.05) is 48.5 Å². The van der Waals surface area contributed by atoms with E-state index >= 15 is 0 Å². The Kier molecular flexibility index (Phi) is 10.5. The lowest BCUT2D eigenvalue weighted by Gasteiger charge is -2.30. The minimum atomic E-state index is -4.20. The molecule has 0 aliphatic heterocycles. The molecule has 0 aliphatic carbocycles. The molecule has 3 aromatic carbocycles. The SMILES string of the molecule is COc1ccc(S(=O)(=O)N(C[C@@H](O)[C@H](Cc2ccccc2)NC(=O)OC(C)(C)C)OCc2ccccc2)cc1. The average Bonchev–Trinajstić information content (AvgIpc) is 2.90. The number of hydrogen-bond donors (Lipinski definition) is 2. The molecule has 3 rings (SSSR count). The van der Waals surface area contributed by atoms with Gasteiger partial charge in [0.05, 0.1) is 37.3 Å². The molecule has 0 heterocycles. The number of aliphatic hydroxyl groups is 1. The maximum Gasteiger partial charge on any atom is 0.407 e. The summed E-state index contributed by atoms with van der Waals surface area (Å²) in [5, 5.41) is 14.0. The summed E-state index contributed by atoms with van der Waals surface area (Å²) in [5.41, 5.74) is 0.830. The van der Waals surface area contributed by atoms with Crippen LogP contribution in [0.1, 0.15) is 31.9 Å². The van der Waals surface area contributed by atoms with Gasteiger partial charge in [-0.05, 0) is 62.6 Å². The molecule has 0 aliphatic rings. The third-order valence-corrected chi connectivity index (χ3v) is 7.30. The molecule has 2 atom stereocenters. The summed E-state index contributed by atoms with van der Waals surface area (Å²) in [6.45, 7) is 4.70. The molecule has 3 aromatic rings. The number of aliphatic hydroxyl groups excluding tert-OH is 1. The van der Waals surface area contributed by atoms with Crippen LogP contribution in [0.15, 0.2) is 89.8 Å². The first-order valence-electron chi connectivity index (χ1n) is 12.5. The van der Waals surface area contributed by atoms with Gasteiger partial charge in [0.2, 0.25) is 0 Å². The number of ether oxygens (including phenoxy) is 2. The number of carbonyl (C=O) groups is 1. The van der Waals surface area contributed by atoms with Crippen molar-refractivity contribution in [2.45, 2.75) is 56.4 Å². The van der Waals surface area contributed by atoms with E-state index in [2.05, 4.69) is 5.32 Å². The molecule has 9 nitrogen and oxygen atoms in total. The van der Waals surface area contributed by atoms with Crippen LogP contribution in [0.5, 0.6) is 5.75 Å². The van der Waals surface area contributed by atoms with E-state index in [-0.39, 0.29) is 17.9 Å². The average molecular weight is 557 g/mol. The summed E-state index contributed by atoms with van der Waals surface area (Å²) in [4.78, 5) is 18.4. The molecular weight excluding hydrogens is 520 g/mol. The lowest BCUT2D eigenvalue weighted by atomic mass is 10.0. The zero-order valence-corrected chi connectivity index (χ0v) is 23.4. The quantitative estimate of drug-likeness (QED) is 0.320. The Labute approximate surface area is 230 Å². The van der Waals surface area contributed by atoms with Crippen molar-refractivity contribution >= 4 is 16.1 Å². The highest BCUT2D eigenvalue weighted by atomic mass is 32.2. The molecular formula is C29H36N2O7S. The first-order chi connectivity index (χ1) is 18.5. The van der Waals surface area contributed by atoms with Crippen molar-refractivity contribution in [1.82, 2.24) is 9.79 Å². The highest BCUT2D eigenvalue weighted by Gasteiger charge is 2.33. The maximum atomic E-state index is 13.6. The van der Waals surface area contributed by atoms with E-state index in [1.165, 1.54) is 31.4 Å². The number of nitrogens with zero attached hydrogens (tertiary/aromatic N) is 1. The maximum absolute atomic E-state index is 13.6. The van der Waals surface area contributed by atoms with E-state index in [9.17, 15) is 18.3 Å². The number of rotatable bonds is 12. The molecule has 0 saturated carbocycles. The zero-order chi connectivity index (χ0) is 28.5. The van der Waals surface area contributed by atoms with Crippen LogP contribution in [-0.4, -0.2) is 55.5 Å². The summed E-state index contributed by atoms with van der Waals surface area (Å²) in [7, 11) is -2.72. The molecule has 0 fully saturated rings. The molecule has 10 heteroatoms. The number of hydroxylamine groups is 1. The van der Waals surface area contributed by atoms with Gasteiger partial charge in [-0.15, -0.1) is 0 Å². The molecule has 0 aromatic heterocycles. The predicted molar refractivity (Wildman–Crippen MR) is 147 cm³/mol. The molecule has 2 N–H and O–H groups in total. The first-order valence-corrected chi connectivity index (χ1v) is 14.0. The minimum Gasteiger partial charge on any atom is -0.497 e. The zero-order valence-electron chi connectivity index (χ0n) is 22.6. The van der Waals surface area contributed by atoms with Crippen LogP contribution in [-0.2, 0) is 32.6 Å². The highest BCUT2D eigenvalue weighted by Crippen LogP contribution is 2.22. The van der Waals surface area contributed by atoms with E-state index in [0.29, 0.717) is 5.75 Å². The van der Waals surface area contributed by atoms with Crippen molar-refractivity contribution in [3.8, 4) is 5.75 Å². The summed E-state index contributed by atoms with van der Waals surface area (Å²) >= 11 is 0. The lowest BCUT2D eigenvalue weighted by molar-refractivity contribution is -0.116. The van der Waals surface area contributed by atoms with Crippen LogP contribution < -0.4 is 10.1 Å². The van der Waals surface area contributed by atoms with E-state index in [0.717, 1.165) is 15.6 Å². The third-order valence-electron chi connectivity index (χ3n) is 5.64. The van der Waals surface area contributed by atoms with Gasteiger partial charge >= 0.3 is 6.09 Å². The molecule has 1 amide bonds. The van der Waals surface area contributed by atoms with Gasteiger partial charge in [-0.2, -0.15) is 0 Å². The molecule has 0 unspecified atom stereocenters. The van der Waals surface area contributed by atoms with Crippen molar-refractivity contribution in [3.63, 3.8) is 0 Å². The van der Waals surface area contributed by atoms with Crippen molar-refractivity contribution in [3.05, 3.63) is 96.1 Å². The molecule has 0 bridgehead atoms. The second-order valence-electron chi connectivity index (χ2n) is 9.93. The number of alkyl carbamates (subject to hydrolysis) is 1. The molecule has 39 heavy (non-hydrogen) atoms. The van der Waals surface area contributed by atoms with Crippen molar-refractivity contribution < 1.29 is 32.6 Å². The summed E-state index contributed by atoms with van der Waals surface area (Å²) in [6, 6.07) is 23.3. The summed E-state index contributed by atoms with van der Waals surface area (Å²) in [6.07, 6.45) is -1.84. The van der Waals surface area contributed by atoms with Gasteiger partial charge in [-0.25, -0.2) is 13.2 Å². The fraction of sp³-hybridized carbons (Fsp3) is 0.345. The van der Waals surface area contributed by atoms with E-state index in [1.54, 1.807) is 32.9 Å². The van der Waals surface area contributed by atoms with Crippen LogP contribution in [0.3, 0.4) is 0 Å². The Bertz CT molecular complexity index is 1280. The standard InChI is InChI=1S/C29H36N2O7S/c1-29(2,3)38-28(33)30-26(19-22-11-7-5-8-12-22)27(32)20-31(37-21-23-13-9-6-10-14-23)39(34,35)25-17-15-24(36-4)16-18-25/h5-18,26-27,32H,19-21H2,1-4H3,(H,30,33)/t26-,27+/m0/s1. The van der Waals surface area contributed by atoms with Gasteiger partial charge in [0.15, 0.2) is 0 Å². The Balaban J connectivity index is 1.88. The second-order valence-corrected chi connectivity index (χ2v) is 11.8. The molecule has 0 spiro atoms. The minimum absolute atomic E-state index is 0.0386. The topological polar surface area (TPSA) is 114 Å². The first kappa shape index (κ1) is 30.1.